The topological polar surface area (TPSA) is 98.3 Å². The predicted molar refractivity (Wildman–Crippen MR) is 110 cm³/mol. The van der Waals surface area contributed by atoms with E-state index >= 15 is 0 Å². The monoisotopic (exact) mass is 420 g/mol. The second-order valence-electron chi connectivity index (χ2n) is 7.58. The number of aryl methyl sites for hydroxylation is 1. The van der Waals surface area contributed by atoms with Gasteiger partial charge >= 0.3 is 0 Å². The van der Waals surface area contributed by atoms with Crippen LogP contribution < -0.4 is 0 Å². The predicted octanol–water partition coefficient (Wildman–Crippen LogP) is 3.71. The van der Waals surface area contributed by atoms with Crippen molar-refractivity contribution in [1.82, 2.24) is 24.2 Å². The summed E-state index contributed by atoms with van der Waals surface area (Å²) in [6.45, 7) is 11.2. The van der Waals surface area contributed by atoms with E-state index in [0.717, 1.165) is 16.9 Å². The molecule has 9 nitrogen and oxygen atoms in total. The number of imidazole rings is 1. The SMILES string of the molecule is Cc1ncnc2c1ncn2[C@H]1C[C@@H](OP(OCCC#N)N(C(C)C)C(C)C)CO1. The molecule has 3 atom stereocenters. The Kier molecular flexibility index (Phi) is 7.49. The molecule has 0 saturated carbocycles. The van der Waals surface area contributed by atoms with Crippen LogP contribution in [0.25, 0.3) is 11.2 Å². The number of rotatable bonds is 9. The van der Waals surface area contributed by atoms with Crippen molar-refractivity contribution in [3.63, 3.8) is 0 Å². The lowest BCUT2D eigenvalue weighted by molar-refractivity contribution is 0.0501. The Balaban J connectivity index is 1.71. The average Bonchev–Trinajstić information content (AvgIpc) is 3.28. The molecule has 2 aromatic heterocycles. The molecule has 0 bridgehead atoms. The van der Waals surface area contributed by atoms with Crippen molar-refractivity contribution in [3.05, 3.63) is 18.3 Å². The molecule has 1 saturated heterocycles. The van der Waals surface area contributed by atoms with Gasteiger partial charge in [0.05, 0.1) is 43.8 Å². The molecule has 0 amide bonds. The van der Waals surface area contributed by atoms with Crippen molar-refractivity contribution >= 4 is 19.7 Å². The molecule has 0 aromatic carbocycles. The fraction of sp³-hybridized carbons (Fsp3) is 0.684. The maximum absolute atomic E-state index is 8.85. The molecule has 1 aliphatic heterocycles. The number of aromatic nitrogens is 4. The highest BCUT2D eigenvalue weighted by molar-refractivity contribution is 7.44. The highest BCUT2D eigenvalue weighted by atomic mass is 31.2. The van der Waals surface area contributed by atoms with Crippen molar-refractivity contribution in [3.8, 4) is 6.07 Å². The van der Waals surface area contributed by atoms with Gasteiger partial charge < -0.3 is 13.8 Å². The number of ether oxygens (including phenoxy) is 1. The number of nitriles is 1. The quantitative estimate of drug-likeness (QED) is 0.447. The first-order chi connectivity index (χ1) is 13.9. The molecule has 158 valence electrons. The summed E-state index contributed by atoms with van der Waals surface area (Å²) in [4.78, 5) is 13.0. The van der Waals surface area contributed by atoms with Gasteiger partial charge in [-0.3, -0.25) is 4.57 Å². The Morgan fingerprint density at radius 1 is 1.31 bits per heavy atom. The van der Waals surface area contributed by atoms with E-state index in [-0.39, 0.29) is 24.4 Å². The second kappa shape index (κ2) is 9.88. The van der Waals surface area contributed by atoms with Crippen LogP contribution >= 0.6 is 8.53 Å². The minimum atomic E-state index is -1.29. The molecule has 29 heavy (non-hydrogen) atoms. The van der Waals surface area contributed by atoms with E-state index in [1.54, 1.807) is 12.7 Å². The van der Waals surface area contributed by atoms with Gasteiger partial charge in [-0.15, -0.1) is 0 Å². The van der Waals surface area contributed by atoms with E-state index in [4.69, 9.17) is 19.0 Å². The van der Waals surface area contributed by atoms with Crippen molar-refractivity contribution in [1.29, 1.82) is 5.26 Å². The number of fused-ring (bicyclic) bond motifs is 1. The van der Waals surface area contributed by atoms with Gasteiger partial charge in [-0.25, -0.2) is 19.6 Å². The zero-order valence-electron chi connectivity index (χ0n) is 17.6. The average molecular weight is 420 g/mol. The van der Waals surface area contributed by atoms with Gasteiger partial charge in [0.1, 0.15) is 18.1 Å². The van der Waals surface area contributed by atoms with Crippen LogP contribution in [0.2, 0.25) is 0 Å². The highest BCUT2D eigenvalue weighted by Gasteiger charge is 2.35. The van der Waals surface area contributed by atoms with Crippen molar-refractivity contribution in [2.75, 3.05) is 13.2 Å². The Labute approximate surface area is 173 Å². The first-order valence-electron chi connectivity index (χ1n) is 9.93. The molecule has 0 N–H and O–H groups in total. The Morgan fingerprint density at radius 2 is 2.07 bits per heavy atom. The number of hydrogen-bond acceptors (Lipinski definition) is 8. The zero-order valence-corrected chi connectivity index (χ0v) is 18.5. The summed E-state index contributed by atoms with van der Waals surface area (Å²) < 4.78 is 22.5. The van der Waals surface area contributed by atoms with Gasteiger partial charge in [0.25, 0.3) is 8.53 Å². The largest absolute Gasteiger partial charge is 0.355 e. The van der Waals surface area contributed by atoms with Gasteiger partial charge in [-0.05, 0) is 34.6 Å². The molecule has 10 heteroatoms. The second-order valence-corrected chi connectivity index (χ2v) is 8.99. The third kappa shape index (κ3) is 5.08. The highest BCUT2D eigenvalue weighted by Crippen LogP contribution is 2.48. The zero-order chi connectivity index (χ0) is 21.0. The summed E-state index contributed by atoms with van der Waals surface area (Å²) in [5.74, 6) is 0. The summed E-state index contributed by atoms with van der Waals surface area (Å²) in [6, 6.07) is 2.65. The van der Waals surface area contributed by atoms with Gasteiger partial charge in [0.15, 0.2) is 5.65 Å². The first-order valence-corrected chi connectivity index (χ1v) is 11.1. The van der Waals surface area contributed by atoms with E-state index in [1.807, 2.05) is 11.5 Å². The fourth-order valence-corrected chi connectivity index (χ4v) is 5.16. The molecule has 1 aliphatic rings. The number of hydrogen-bond donors (Lipinski definition) is 0. The van der Waals surface area contributed by atoms with Gasteiger partial charge in [-0.1, -0.05) is 0 Å². The summed E-state index contributed by atoms with van der Waals surface area (Å²) in [5, 5.41) is 8.85. The first kappa shape index (κ1) is 22.0. The van der Waals surface area contributed by atoms with Crippen LogP contribution in [0.5, 0.6) is 0 Å². The molecular formula is C19H29N6O3P. The van der Waals surface area contributed by atoms with Crippen LogP contribution in [0.3, 0.4) is 0 Å². The molecule has 0 spiro atoms. The number of nitrogens with zero attached hydrogens (tertiary/aromatic N) is 6. The molecule has 0 aliphatic carbocycles. The lowest BCUT2D eigenvalue weighted by Crippen LogP contribution is -2.34. The van der Waals surface area contributed by atoms with Crippen LogP contribution in [0, 0.1) is 18.3 Å². The molecule has 0 radical (unpaired) electrons. The maximum atomic E-state index is 8.85. The standard InChI is InChI=1S/C19H29N6O3P/c1-13(2)25(14(3)4)29(27-8-6-7-20)28-16-9-17(26-10-16)24-12-23-18-15(5)21-11-22-19(18)24/h11-14,16-17H,6,8-10H2,1-5H3/t16-,17-,29?/m1/s1. The van der Waals surface area contributed by atoms with Gasteiger partial charge in [0, 0.05) is 18.5 Å². The summed E-state index contributed by atoms with van der Waals surface area (Å²) in [5.41, 5.74) is 2.40. The minimum absolute atomic E-state index is 0.103. The smallest absolute Gasteiger partial charge is 0.259 e. The van der Waals surface area contributed by atoms with Crippen LogP contribution in [-0.2, 0) is 13.8 Å². The maximum Gasteiger partial charge on any atom is 0.259 e. The van der Waals surface area contributed by atoms with Crippen LogP contribution in [-0.4, -0.2) is 55.6 Å². The van der Waals surface area contributed by atoms with Crippen molar-refractivity contribution < 1.29 is 13.8 Å². The van der Waals surface area contributed by atoms with Crippen LogP contribution in [0.1, 0.15) is 52.5 Å². The van der Waals surface area contributed by atoms with Crippen LogP contribution in [0.4, 0.5) is 0 Å². The van der Waals surface area contributed by atoms with E-state index in [9.17, 15) is 0 Å². The van der Waals surface area contributed by atoms with E-state index in [1.165, 1.54) is 0 Å². The van der Waals surface area contributed by atoms with E-state index < -0.39 is 8.53 Å². The molecule has 3 rings (SSSR count). The van der Waals surface area contributed by atoms with Gasteiger partial charge in [0.2, 0.25) is 0 Å². The molecule has 1 fully saturated rings. The Bertz CT molecular complexity index is 844. The van der Waals surface area contributed by atoms with Crippen molar-refractivity contribution in [2.45, 2.75) is 71.9 Å². The Morgan fingerprint density at radius 3 is 2.76 bits per heavy atom. The van der Waals surface area contributed by atoms with Crippen LogP contribution in [0.15, 0.2) is 12.7 Å². The van der Waals surface area contributed by atoms with E-state index in [2.05, 4.69) is 53.4 Å². The lowest BCUT2D eigenvalue weighted by atomic mass is 10.3. The lowest BCUT2D eigenvalue weighted by Gasteiger charge is -2.36. The summed E-state index contributed by atoms with van der Waals surface area (Å²) in [7, 11) is -1.29. The third-order valence-electron chi connectivity index (χ3n) is 4.69. The van der Waals surface area contributed by atoms with Crippen molar-refractivity contribution in [2.24, 2.45) is 0 Å². The fourth-order valence-electron chi connectivity index (χ4n) is 3.45. The van der Waals surface area contributed by atoms with Gasteiger partial charge in [-0.2, -0.15) is 5.26 Å². The molecular weight excluding hydrogens is 391 g/mol. The Hall–Kier alpha value is -1.69. The third-order valence-corrected chi connectivity index (χ3v) is 6.88. The summed E-state index contributed by atoms with van der Waals surface area (Å²) >= 11 is 0. The molecule has 1 unspecified atom stereocenters. The van der Waals surface area contributed by atoms with E-state index in [0.29, 0.717) is 26.1 Å². The molecule has 3 heterocycles. The molecule has 2 aromatic rings. The summed E-state index contributed by atoms with van der Waals surface area (Å²) in [6.07, 6.45) is 4.02. The minimum Gasteiger partial charge on any atom is -0.355 e. The normalized spacial score (nSPS) is 20.8.